The second kappa shape index (κ2) is 3.41. The lowest BCUT2D eigenvalue weighted by Gasteiger charge is -2.05. The van der Waals surface area contributed by atoms with Crippen LogP contribution < -0.4 is 0 Å². The second-order valence-electron chi connectivity index (χ2n) is 3.60. The molecule has 0 atom stereocenters. The van der Waals surface area contributed by atoms with Crippen LogP contribution in [-0.4, -0.2) is 19.5 Å². The van der Waals surface area contributed by atoms with E-state index in [1.54, 1.807) is 17.1 Å². The molecule has 0 aliphatic heterocycles. The fourth-order valence-electron chi connectivity index (χ4n) is 1.71. The van der Waals surface area contributed by atoms with Crippen LogP contribution in [0.25, 0.3) is 16.9 Å². The second-order valence-corrected chi connectivity index (χ2v) is 3.60. The lowest BCUT2D eigenvalue weighted by Crippen LogP contribution is -2.00. The molecule has 0 N–H and O–H groups in total. The molecule has 0 aliphatic rings. The molecule has 1 aromatic carbocycles. The highest BCUT2D eigenvalue weighted by atomic mass is 15.2. The number of nitrogens with zero attached hydrogens (tertiary/aromatic N) is 4. The molecule has 4 nitrogen and oxygen atoms in total. The summed E-state index contributed by atoms with van der Waals surface area (Å²) in [6.45, 7) is 1.99. The van der Waals surface area contributed by atoms with Gasteiger partial charge in [0.2, 0.25) is 5.95 Å². The third-order valence-electron chi connectivity index (χ3n) is 2.52. The molecule has 2 aromatic heterocycles. The first kappa shape index (κ1) is 9.03. The number of imidazole rings is 1. The molecule has 0 saturated heterocycles. The third kappa shape index (κ3) is 1.35. The summed E-state index contributed by atoms with van der Waals surface area (Å²) in [7, 11) is 0. The Kier molecular flexibility index (Phi) is 1.93. The Labute approximate surface area is 92.6 Å². The number of hydrogen-bond donors (Lipinski definition) is 0. The van der Waals surface area contributed by atoms with Crippen LogP contribution in [-0.2, 0) is 0 Å². The van der Waals surface area contributed by atoms with E-state index in [1.165, 1.54) is 0 Å². The minimum Gasteiger partial charge on any atom is -0.274 e. The van der Waals surface area contributed by atoms with Gasteiger partial charge in [0, 0.05) is 17.8 Å². The van der Waals surface area contributed by atoms with Gasteiger partial charge in [0.25, 0.3) is 0 Å². The number of para-hydroxylation sites is 1. The van der Waals surface area contributed by atoms with Gasteiger partial charge in [-0.05, 0) is 13.0 Å². The average Bonchev–Trinajstić information content (AvgIpc) is 2.82. The standard InChI is InChI=1S/C12H10N4/c1-9-10-4-2-3-5-11(10)15-12(14-9)16-7-6-13-8-16/h2-8H,1H3. The summed E-state index contributed by atoms with van der Waals surface area (Å²) in [4.78, 5) is 12.9. The van der Waals surface area contributed by atoms with Gasteiger partial charge in [-0.25, -0.2) is 15.0 Å². The van der Waals surface area contributed by atoms with E-state index in [-0.39, 0.29) is 0 Å². The van der Waals surface area contributed by atoms with Crippen molar-refractivity contribution < 1.29 is 0 Å². The molecular weight excluding hydrogens is 200 g/mol. The Bertz CT molecular complexity index is 629. The van der Waals surface area contributed by atoms with E-state index in [9.17, 15) is 0 Å². The Balaban J connectivity index is 2.29. The molecule has 0 bridgehead atoms. The normalized spacial score (nSPS) is 10.8. The van der Waals surface area contributed by atoms with E-state index >= 15 is 0 Å². The van der Waals surface area contributed by atoms with Crippen LogP contribution in [0.3, 0.4) is 0 Å². The minimum absolute atomic E-state index is 0.661. The zero-order valence-corrected chi connectivity index (χ0v) is 8.83. The van der Waals surface area contributed by atoms with Crippen molar-refractivity contribution in [3.63, 3.8) is 0 Å². The molecule has 0 spiro atoms. The molecular formula is C12H10N4. The van der Waals surface area contributed by atoms with Gasteiger partial charge in [-0.1, -0.05) is 18.2 Å². The Morgan fingerprint density at radius 1 is 1.12 bits per heavy atom. The Hall–Kier alpha value is -2.23. The molecule has 4 heteroatoms. The van der Waals surface area contributed by atoms with Gasteiger partial charge < -0.3 is 0 Å². The zero-order chi connectivity index (χ0) is 11.0. The van der Waals surface area contributed by atoms with Crippen molar-refractivity contribution in [1.29, 1.82) is 0 Å². The first-order valence-corrected chi connectivity index (χ1v) is 5.06. The van der Waals surface area contributed by atoms with Crippen molar-refractivity contribution in [3.05, 3.63) is 48.7 Å². The predicted octanol–water partition coefficient (Wildman–Crippen LogP) is 2.12. The number of fused-ring (bicyclic) bond motifs is 1. The van der Waals surface area contributed by atoms with E-state index in [2.05, 4.69) is 15.0 Å². The first-order valence-electron chi connectivity index (χ1n) is 5.06. The Morgan fingerprint density at radius 2 is 2.00 bits per heavy atom. The largest absolute Gasteiger partial charge is 0.274 e. The molecule has 0 fully saturated rings. The van der Waals surface area contributed by atoms with Crippen LogP contribution in [0, 0.1) is 6.92 Å². The molecule has 16 heavy (non-hydrogen) atoms. The molecule has 3 aromatic rings. The maximum atomic E-state index is 4.49. The third-order valence-corrected chi connectivity index (χ3v) is 2.52. The van der Waals surface area contributed by atoms with Gasteiger partial charge in [-0.3, -0.25) is 4.57 Å². The van der Waals surface area contributed by atoms with Crippen molar-refractivity contribution in [2.75, 3.05) is 0 Å². The molecule has 0 saturated carbocycles. The summed E-state index contributed by atoms with van der Waals surface area (Å²) in [5.41, 5.74) is 1.94. The summed E-state index contributed by atoms with van der Waals surface area (Å²) < 4.78 is 1.80. The first-order chi connectivity index (χ1) is 7.84. The van der Waals surface area contributed by atoms with Gasteiger partial charge >= 0.3 is 0 Å². The molecule has 2 heterocycles. The van der Waals surface area contributed by atoms with Gasteiger partial charge in [0.1, 0.15) is 6.33 Å². The van der Waals surface area contributed by atoms with E-state index in [0.29, 0.717) is 5.95 Å². The van der Waals surface area contributed by atoms with Crippen molar-refractivity contribution in [3.8, 4) is 5.95 Å². The van der Waals surface area contributed by atoms with Crippen molar-refractivity contribution in [2.45, 2.75) is 6.92 Å². The summed E-state index contributed by atoms with van der Waals surface area (Å²) in [5, 5.41) is 1.09. The summed E-state index contributed by atoms with van der Waals surface area (Å²) in [6.07, 6.45) is 5.25. The van der Waals surface area contributed by atoms with E-state index in [1.807, 2.05) is 37.4 Å². The van der Waals surface area contributed by atoms with Crippen LogP contribution in [0.2, 0.25) is 0 Å². The van der Waals surface area contributed by atoms with Crippen LogP contribution >= 0.6 is 0 Å². The Morgan fingerprint density at radius 3 is 2.81 bits per heavy atom. The molecule has 0 radical (unpaired) electrons. The van der Waals surface area contributed by atoms with E-state index in [4.69, 9.17) is 0 Å². The fraction of sp³-hybridized carbons (Fsp3) is 0.0833. The predicted molar refractivity (Wildman–Crippen MR) is 61.4 cm³/mol. The average molecular weight is 210 g/mol. The van der Waals surface area contributed by atoms with Gasteiger partial charge in [-0.15, -0.1) is 0 Å². The van der Waals surface area contributed by atoms with Crippen molar-refractivity contribution in [2.24, 2.45) is 0 Å². The number of rotatable bonds is 1. The van der Waals surface area contributed by atoms with Crippen molar-refractivity contribution >= 4 is 10.9 Å². The molecule has 3 rings (SSSR count). The molecule has 0 amide bonds. The SMILES string of the molecule is Cc1nc(-n2ccnc2)nc2ccccc12. The number of hydrogen-bond acceptors (Lipinski definition) is 3. The highest BCUT2D eigenvalue weighted by Crippen LogP contribution is 2.15. The maximum Gasteiger partial charge on any atom is 0.235 e. The number of aryl methyl sites for hydroxylation is 1. The summed E-state index contributed by atoms with van der Waals surface area (Å²) in [6, 6.07) is 7.99. The van der Waals surface area contributed by atoms with E-state index < -0.39 is 0 Å². The van der Waals surface area contributed by atoms with Gasteiger partial charge in [0.05, 0.1) is 11.2 Å². The maximum absolute atomic E-state index is 4.49. The van der Waals surface area contributed by atoms with Gasteiger partial charge in [0.15, 0.2) is 0 Å². The smallest absolute Gasteiger partial charge is 0.235 e. The number of aromatic nitrogens is 4. The minimum atomic E-state index is 0.661. The van der Waals surface area contributed by atoms with Crippen LogP contribution in [0.15, 0.2) is 43.0 Å². The quantitative estimate of drug-likeness (QED) is 0.618. The zero-order valence-electron chi connectivity index (χ0n) is 8.83. The van der Waals surface area contributed by atoms with Crippen LogP contribution in [0.1, 0.15) is 5.69 Å². The van der Waals surface area contributed by atoms with Crippen LogP contribution in [0.4, 0.5) is 0 Å². The lowest BCUT2D eigenvalue weighted by molar-refractivity contribution is 0.927. The topological polar surface area (TPSA) is 43.6 Å². The van der Waals surface area contributed by atoms with Crippen molar-refractivity contribution in [1.82, 2.24) is 19.5 Å². The highest BCUT2D eigenvalue weighted by molar-refractivity contribution is 5.81. The van der Waals surface area contributed by atoms with E-state index in [0.717, 1.165) is 16.6 Å². The molecule has 0 aliphatic carbocycles. The fourth-order valence-corrected chi connectivity index (χ4v) is 1.71. The van der Waals surface area contributed by atoms with Gasteiger partial charge in [-0.2, -0.15) is 0 Å². The highest BCUT2D eigenvalue weighted by Gasteiger charge is 2.04. The monoisotopic (exact) mass is 210 g/mol. The number of benzene rings is 1. The molecule has 0 unspecified atom stereocenters. The summed E-state index contributed by atoms with van der Waals surface area (Å²) >= 11 is 0. The molecule has 78 valence electrons. The van der Waals surface area contributed by atoms with Crippen LogP contribution in [0.5, 0.6) is 0 Å². The lowest BCUT2D eigenvalue weighted by atomic mass is 10.2. The summed E-state index contributed by atoms with van der Waals surface area (Å²) in [5.74, 6) is 0.661.